The van der Waals surface area contributed by atoms with Crippen LogP contribution in [0.15, 0.2) is 36.4 Å². The monoisotopic (exact) mass is 257 g/mol. The Bertz CT molecular complexity index is 717. The van der Waals surface area contributed by atoms with Crippen LogP contribution in [0.25, 0.3) is 22.3 Å². The maximum absolute atomic E-state index is 6.16. The minimum Gasteiger partial charge on any atom is -0.319 e. The number of aromatic nitrogens is 3. The third-order valence-electron chi connectivity index (χ3n) is 2.99. The number of hydrogen-bond donors (Lipinski definition) is 0. The molecule has 4 heteroatoms. The molecule has 0 radical (unpaired) electrons. The molecule has 1 aromatic carbocycles. The van der Waals surface area contributed by atoms with Crippen LogP contribution in [-0.2, 0) is 7.05 Å². The molecule has 0 atom stereocenters. The first-order valence-corrected chi connectivity index (χ1v) is 6.09. The second-order valence-corrected chi connectivity index (χ2v) is 4.64. The number of benzene rings is 1. The third kappa shape index (κ3) is 1.68. The summed E-state index contributed by atoms with van der Waals surface area (Å²) in [6.07, 6.45) is 0. The lowest BCUT2D eigenvalue weighted by Gasteiger charge is -2.04. The lowest BCUT2D eigenvalue weighted by molar-refractivity contribution is 0.933. The van der Waals surface area contributed by atoms with Crippen molar-refractivity contribution in [2.24, 2.45) is 7.05 Å². The van der Waals surface area contributed by atoms with Gasteiger partial charge in [0.2, 0.25) is 0 Å². The molecule has 3 rings (SSSR count). The fourth-order valence-corrected chi connectivity index (χ4v) is 2.28. The van der Waals surface area contributed by atoms with Crippen LogP contribution >= 0.6 is 11.6 Å². The lowest BCUT2D eigenvalue weighted by atomic mass is 10.1. The number of fused-ring (bicyclic) bond motifs is 1. The summed E-state index contributed by atoms with van der Waals surface area (Å²) in [6.45, 7) is 1.90. The van der Waals surface area contributed by atoms with Crippen molar-refractivity contribution in [2.45, 2.75) is 6.92 Å². The van der Waals surface area contributed by atoms with Gasteiger partial charge in [-0.05, 0) is 13.0 Å². The van der Waals surface area contributed by atoms with E-state index in [2.05, 4.69) is 9.97 Å². The van der Waals surface area contributed by atoms with Gasteiger partial charge < -0.3 is 4.57 Å². The summed E-state index contributed by atoms with van der Waals surface area (Å²) in [5, 5.41) is 1.65. The standard InChI is InChI=1S/C14H12ClN3/c1-9-16-13(10-6-4-3-5-7-10)11-8-12(15)18(2)14(11)17-9/h3-8H,1-2H3. The van der Waals surface area contributed by atoms with Crippen molar-refractivity contribution in [3.05, 3.63) is 47.4 Å². The Morgan fingerprint density at radius 2 is 1.83 bits per heavy atom. The van der Waals surface area contributed by atoms with Gasteiger partial charge in [0.25, 0.3) is 0 Å². The quantitative estimate of drug-likeness (QED) is 0.667. The molecule has 0 fully saturated rings. The molecule has 18 heavy (non-hydrogen) atoms. The molecule has 3 nitrogen and oxygen atoms in total. The molecule has 0 aliphatic carbocycles. The molecule has 0 saturated carbocycles. The predicted molar refractivity (Wildman–Crippen MR) is 73.7 cm³/mol. The summed E-state index contributed by atoms with van der Waals surface area (Å²) in [4.78, 5) is 8.99. The minimum absolute atomic E-state index is 0.669. The van der Waals surface area contributed by atoms with E-state index >= 15 is 0 Å². The normalized spacial score (nSPS) is 11.1. The number of aryl methyl sites for hydroxylation is 2. The maximum atomic E-state index is 6.16. The summed E-state index contributed by atoms with van der Waals surface area (Å²) >= 11 is 6.16. The van der Waals surface area contributed by atoms with Crippen molar-refractivity contribution in [1.82, 2.24) is 14.5 Å². The van der Waals surface area contributed by atoms with E-state index < -0.39 is 0 Å². The first-order valence-electron chi connectivity index (χ1n) is 5.72. The van der Waals surface area contributed by atoms with Gasteiger partial charge in [-0.15, -0.1) is 0 Å². The molecule has 0 unspecified atom stereocenters. The minimum atomic E-state index is 0.669. The third-order valence-corrected chi connectivity index (χ3v) is 3.35. The Labute approximate surface area is 110 Å². The number of halogens is 1. The highest BCUT2D eigenvalue weighted by molar-refractivity contribution is 6.31. The average Bonchev–Trinajstić information content (AvgIpc) is 2.66. The topological polar surface area (TPSA) is 30.7 Å². The fraction of sp³-hybridized carbons (Fsp3) is 0.143. The van der Waals surface area contributed by atoms with Gasteiger partial charge in [0.05, 0.1) is 5.69 Å². The second kappa shape index (κ2) is 4.10. The van der Waals surface area contributed by atoms with Gasteiger partial charge in [0.15, 0.2) is 0 Å². The lowest BCUT2D eigenvalue weighted by Crippen LogP contribution is -1.96. The summed E-state index contributed by atoms with van der Waals surface area (Å²) in [5.41, 5.74) is 2.88. The van der Waals surface area contributed by atoms with E-state index in [1.807, 2.05) is 54.9 Å². The highest BCUT2D eigenvalue weighted by Gasteiger charge is 2.12. The van der Waals surface area contributed by atoms with Crippen molar-refractivity contribution >= 4 is 22.6 Å². The molecule has 90 valence electrons. The largest absolute Gasteiger partial charge is 0.319 e. The SMILES string of the molecule is Cc1nc(-c2ccccc2)c2cc(Cl)n(C)c2n1. The van der Waals surface area contributed by atoms with Crippen molar-refractivity contribution in [2.75, 3.05) is 0 Å². The van der Waals surface area contributed by atoms with Crippen LogP contribution in [0.1, 0.15) is 5.82 Å². The van der Waals surface area contributed by atoms with Crippen molar-refractivity contribution in [1.29, 1.82) is 0 Å². The van der Waals surface area contributed by atoms with Gasteiger partial charge in [0, 0.05) is 18.0 Å². The summed E-state index contributed by atoms with van der Waals surface area (Å²) in [6, 6.07) is 12.0. The molecular formula is C14H12ClN3. The van der Waals surface area contributed by atoms with E-state index in [1.165, 1.54) is 0 Å². The highest BCUT2D eigenvalue weighted by Crippen LogP contribution is 2.29. The summed E-state index contributed by atoms with van der Waals surface area (Å²) in [5.74, 6) is 0.749. The van der Waals surface area contributed by atoms with E-state index in [1.54, 1.807) is 0 Å². The second-order valence-electron chi connectivity index (χ2n) is 4.25. The van der Waals surface area contributed by atoms with Crippen molar-refractivity contribution < 1.29 is 0 Å². The van der Waals surface area contributed by atoms with E-state index in [0.717, 1.165) is 28.1 Å². The number of hydrogen-bond acceptors (Lipinski definition) is 2. The van der Waals surface area contributed by atoms with Crippen LogP contribution in [0.2, 0.25) is 5.15 Å². The van der Waals surface area contributed by atoms with E-state index in [0.29, 0.717) is 5.15 Å². The molecule has 0 amide bonds. The van der Waals surface area contributed by atoms with Gasteiger partial charge in [0.1, 0.15) is 16.6 Å². The zero-order chi connectivity index (χ0) is 12.7. The van der Waals surface area contributed by atoms with Crippen LogP contribution < -0.4 is 0 Å². The molecule has 0 aliphatic heterocycles. The first-order chi connectivity index (χ1) is 8.66. The molecule has 3 aromatic rings. The van der Waals surface area contributed by atoms with Gasteiger partial charge in [-0.25, -0.2) is 9.97 Å². The zero-order valence-corrected chi connectivity index (χ0v) is 10.9. The molecule has 2 heterocycles. The predicted octanol–water partition coefficient (Wildman–Crippen LogP) is 3.60. The van der Waals surface area contributed by atoms with Gasteiger partial charge in [-0.2, -0.15) is 0 Å². The van der Waals surface area contributed by atoms with Crippen LogP contribution in [-0.4, -0.2) is 14.5 Å². The fourth-order valence-electron chi connectivity index (χ4n) is 2.09. The van der Waals surface area contributed by atoms with Crippen LogP contribution in [0.4, 0.5) is 0 Å². The molecule has 0 bridgehead atoms. The van der Waals surface area contributed by atoms with Crippen molar-refractivity contribution in [3.63, 3.8) is 0 Å². The number of rotatable bonds is 1. The molecule has 0 aliphatic rings. The zero-order valence-electron chi connectivity index (χ0n) is 10.2. The smallest absolute Gasteiger partial charge is 0.145 e. The maximum Gasteiger partial charge on any atom is 0.145 e. The highest BCUT2D eigenvalue weighted by atomic mass is 35.5. The van der Waals surface area contributed by atoms with E-state index in [-0.39, 0.29) is 0 Å². The first kappa shape index (κ1) is 11.2. The molecule has 0 saturated heterocycles. The molecule has 0 spiro atoms. The van der Waals surface area contributed by atoms with Gasteiger partial charge in [-0.3, -0.25) is 0 Å². The molecule has 2 aromatic heterocycles. The van der Waals surface area contributed by atoms with E-state index in [4.69, 9.17) is 11.6 Å². The Morgan fingerprint density at radius 3 is 2.56 bits per heavy atom. The van der Waals surface area contributed by atoms with Crippen LogP contribution in [0, 0.1) is 6.92 Å². The Kier molecular flexibility index (Phi) is 2.56. The Hall–Kier alpha value is -1.87. The van der Waals surface area contributed by atoms with E-state index in [9.17, 15) is 0 Å². The Balaban J connectivity index is 2.39. The molecule has 0 N–H and O–H groups in total. The summed E-state index contributed by atoms with van der Waals surface area (Å²) in [7, 11) is 1.91. The van der Waals surface area contributed by atoms with Crippen LogP contribution in [0.5, 0.6) is 0 Å². The van der Waals surface area contributed by atoms with Gasteiger partial charge in [-0.1, -0.05) is 41.9 Å². The van der Waals surface area contributed by atoms with Crippen molar-refractivity contribution in [3.8, 4) is 11.3 Å². The summed E-state index contributed by atoms with van der Waals surface area (Å²) < 4.78 is 1.87. The number of nitrogens with zero attached hydrogens (tertiary/aromatic N) is 3. The molecular weight excluding hydrogens is 246 g/mol. The van der Waals surface area contributed by atoms with Gasteiger partial charge >= 0.3 is 0 Å². The average molecular weight is 258 g/mol. The Morgan fingerprint density at radius 1 is 1.11 bits per heavy atom. The van der Waals surface area contributed by atoms with Crippen LogP contribution in [0.3, 0.4) is 0 Å².